The van der Waals surface area contributed by atoms with Gasteiger partial charge in [-0.25, -0.2) is 0 Å². The molecule has 1 aromatic carbocycles. The van der Waals surface area contributed by atoms with Gasteiger partial charge in [-0.15, -0.1) is 0 Å². The minimum absolute atomic E-state index is 0.310. The molecule has 2 heterocycles. The molecule has 24 heavy (non-hydrogen) atoms. The van der Waals surface area contributed by atoms with E-state index in [-0.39, 0.29) is 0 Å². The second-order valence-electron chi connectivity index (χ2n) is 6.43. The Hall–Kier alpha value is -1.66. The van der Waals surface area contributed by atoms with Crippen LogP contribution in [0.1, 0.15) is 17.4 Å². The molecule has 1 fully saturated rings. The van der Waals surface area contributed by atoms with Crippen molar-refractivity contribution in [1.29, 1.82) is 0 Å². The maximum absolute atomic E-state index is 10.3. The minimum atomic E-state index is -0.505. The van der Waals surface area contributed by atoms with Crippen LogP contribution in [0.2, 0.25) is 0 Å². The number of hydrogen-bond acceptors (Lipinski definition) is 5. The first-order valence-electron chi connectivity index (χ1n) is 8.48. The molecule has 0 spiro atoms. The van der Waals surface area contributed by atoms with Crippen LogP contribution in [0.25, 0.3) is 0 Å². The molecule has 0 bridgehead atoms. The lowest BCUT2D eigenvalue weighted by atomic mass is 10.0. The van der Waals surface area contributed by atoms with E-state index in [2.05, 4.69) is 41.1 Å². The summed E-state index contributed by atoms with van der Waals surface area (Å²) in [4.78, 5) is 4.70. The third-order valence-corrected chi connectivity index (χ3v) is 4.46. The second kappa shape index (κ2) is 8.44. The Balaban J connectivity index is 1.53. The Morgan fingerprint density at radius 2 is 2.04 bits per heavy atom. The fourth-order valence-electron chi connectivity index (χ4n) is 3.18. The third kappa shape index (κ3) is 4.68. The number of piperazine rings is 1. The normalized spacial score (nSPS) is 21.0. The van der Waals surface area contributed by atoms with Crippen LogP contribution >= 0.6 is 0 Å². The summed E-state index contributed by atoms with van der Waals surface area (Å²) in [6, 6.07) is 14.5. The van der Waals surface area contributed by atoms with E-state index >= 15 is 0 Å². The highest BCUT2D eigenvalue weighted by Crippen LogP contribution is 2.24. The molecule has 1 aromatic heterocycles. The van der Waals surface area contributed by atoms with Gasteiger partial charge in [0.2, 0.25) is 0 Å². The lowest BCUT2D eigenvalue weighted by molar-refractivity contribution is -0.0147. The van der Waals surface area contributed by atoms with Crippen molar-refractivity contribution in [2.75, 3.05) is 39.8 Å². The van der Waals surface area contributed by atoms with Gasteiger partial charge in [0.05, 0.1) is 19.0 Å². The molecule has 2 atom stereocenters. The minimum Gasteiger partial charge on any atom is -0.467 e. The average molecular weight is 330 g/mol. The first-order chi connectivity index (χ1) is 11.7. The fraction of sp³-hybridized carbons (Fsp3) is 0.474. The number of rotatable bonds is 7. The Morgan fingerprint density at radius 1 is 1.21 bits per heavy atom. The maximum atomic E-state index is 10.3. The molecule has 0 aliphatic carbocycles. The highest BCUT2D eigenvalue weighted by Gasteiger charge is 2.27. The number of furan rings is 1. The van der Waals surface area contributed by atoms with Gasteiger partial charge < -0.3 is 19.2 Å². The van der Waals surface area contributed by atoms with E-state index < -0.39 is 6.10 Å². The van der Waals surface area contributed by atoms with Gasteiger partial charge in [-0.3, -0.25) is 4.90 Å². The van der Waals surface area contributed by atoms with Gasteiger partial charge in [-0.2, -0.15) is 0 Å². The number of aliphatic hydroxyl groups excluding tert-OH is 1. The zero-order valence-corrected chi connectivity index (χ0v) is 14.2. The number of nitrogens with zero attached hydrogens (tertiary/aromatic N) is 2. The van der Waals surface area contributed by atoms with Crippen LogP contribution < -0.4 is 0 Å². The first kappa shape index (κ1) is 17.2. The summed E-state index contributed by atoms with van der Waals surface area (Å²) in [5, 5.41) is 10.3. The topological polar surface area (TPSA) is 49.1 Å². The number of ether oxygens (including phenoxy) is 1. The molecule has 0 radical (unpaired) electrons. The van der Waals surface area contributed by atoms with E-state index in [1.807, 2.05) is 18.2 Å². The summed E-state index contributed by atoms with van der Waals surface area (Å²) in [6.45, 7) is 4.27. The van der Waals surface area contributed by atoms with Crippen LogP contribution in [0.3, 0.4) is 0 Å². The summed E-state index contributed by atoms with van der Waals surface area (Å²) < 4.78 is 10.8. The highest BCUT2D eigenvalue weighted by molar-refractivity contribution is 5.20. The smallest absolute Gasteiger partial charge is 0.129 e. The lowest BCUT2D eigenvalue weighted by Gasteiger charge is -2.41. The third-order valence-electron chi connectivity index (χ3n) is 4.46. The molecule has 0 saturated carbocycles. The van der Waals surface area contributed by atoms with Crippen molar-refractivity contribution in [3.63, 3.8) is 0 Å². The Kier molecular flexibility index (Phi) is 6.04. The van der Waals surface area contributed by atoms with Crippen LogP contribution in [0.15, 0.2) is 53.1 Å². The van der Waals surface area contributed by atoms with Crippen molar-refractivity contribution in [2.24, 2.45) is 0 Å². The predicted octanol–water partition coefficient (Wildman–Crippen LogP) is 2.15. The van der Waals surface area contributed by atoms with E-state index in [1.165, 1.54) is 5.56 Å². The highest BCUT2D eigenvalue weighted by atomic mass is 16.5. The molecule has 2 aromatic rings. The van der Waals surface area contributed by atoms with E-state index in [0.29, 0.717) is 25.8 Å². The predicted molar refractivity (Wildman–Crippen MR) is 92.6 cm³/mol. The summed E-state index contributed by atoms with van der Waals surface area (Å²) in [5.41, 5.74) is 1.30. The van der Waals surface area contributed by atoms with Crippen molar-refractivity contribution in [1.82, 2.24) is 9.80 Å². The molecule has 130 valence electrons. The largest absolute Gasteiger partial charge is 0.467 e. The molecule has 1 aliphatic heterocycles. The van der Waals surface area contributed by atoms with Crippen LogP contribution in [-0.2, 0) is 11.3 Å². The van der Waals surface area contributed by atoms with Gasteiger partial charge in [0.25, 0.3) is 0 Å². The van der Waals surface area contributed by atoms with Crippen molar-refractivity contribution in [3.05, 3.63) is 60.1 Å². The summed E-state index contributed by atoms with van der Waals surface area (Å²) in [5.74, 6) is 0.781. The van der Waals surface area contributed by atoms with Crippen molar-refractivity contribution < 1.29 is 14.3 Å². The van der Waals surface area contributed by atoms with Crippen LogP contribution in [0.4, 0.5) is 0 Å². The number of likely N-dealkylation sites (N-methyl/N-ethyl adjacent to an activating group) is 1. The molecule has 5 heteroatoms. The molecule has 5 nitrogen and oxygen atoms in total. The van der Waals surface area contributed by atoms with Gasteiger partial charge in [-0.1, -0.05) is 30.3 Å². The number of β-amino-alcohol motifs (C(OH)–C–C–N with tert-alkyl or cyclic N) is 1. The standard InChI is InChI=1S/C19H26N2O3/c1-20-9-10-21(19(13-20)16-6-3-2-4-7-16)12-17(22)14-23-15-18-8-5-11-24-18/h2-8,11,17,19,22H,9-10,12-15H2,1H3. The summed E-state index contributed by atoms with van der Waals surface area (Å²) >= 11 is 0. The Morgan fingerprint density at radius 3 is 2.79 bits per heavy atom. The molecule has 2 unspecified atom stereocenters. The van der Waals surface area contributed by atoms with Gasteiger partial charge >= 0.3 is 0 Å². The molecule has 1 N–H and O–H groups in total. The monoisotopic (exact) mass is 330 g/mol. The average Bonchev–Trinajstić information content (AvgIpc) is 3.11. The van der Waals surface area contributed by atoms with E-state index in [1.54, 1.807) is 6.26 Å². The summed E-state index contributed by atoms with van der Waals surface area (Å²) in [7, 11) is 2.15. The first-order valence-corrected chi connectivity index (χ1v) is 8.48. The number of aliphatic hydroxyl groups is 1. The number of hydrogen-bond donors (Lipinski definition) is 1. The Labute approximate surface area is 143 Å². The fourth-order valence-corrected chi connectivity index (χ4v) is 3.18. The molecule has 1 aliphatic rings. The summed E-state index contributed by atoms with van der Waals surface area (Å²) in [6.07, 6.45) is 1.12. The zero-order valence-electron chi connectivity index (χ0n) is 14.2. The zero-order chi connectivity index (χ0) is 16.8. The Bertz CT molecular complexity index is 588. The van der Waals surface area contributed by atoms with Gasteiger partial charge in [-0.05, 0) is 24.7 Å². The molecule has 0 amide bonds. The maximum Gasteiger partial charge on any atom is 0.129 e. The van der Waals surface area contributed by atoms with Crippen LogP contribution in [-0.4, -0.2) is 60.8 Å². The second-order valence-corrected chi connectivity index (χ2v) is 6.43. The van der Waals surface area contributed by atoms with Crippen molar-refractivity contribution in [2.45, 2.75) is 18.8 Å². The van der Waals surface area contributed by atoms with Gasteiger partial charge in [0.15, 0.2) is 0 Å². The number of benzene rings is 1. The van der Waals surface area contributed by atoms with Crippen molar-refractivity contribution >= 4 is 0 Å². The molecule has 3 rings (SSSR count). The lowest BCUT2D eigenvalue weighted by Crippen LogP contribution is -2.49. The van der Waals surface area contributed by atoms with E-state index in [4.69, 9.17) is 9.15 Å². The van der Waals surface area contributed by atoms with Gasteiger partial charge in [0.1, 0.15) is 12.4 Å². The van der Waals surface area contributed by atoms with E-state index in [0.717, 1.165) is 25.4 Å². The molecular weight excluding hydrogens is 304 g/mol. The SMILES string of the molecule is CN1CCN(CC(O)COCc2ccco2)C(c2ccccc2)C1. The molecular formula is C19H26N2O3. The molecule has 1 saturated heterocycles. The van der Waals surface area contributed by atoms with E-state index in [9.17, 15) is 5.11 Å². The van der Waals surface area contributed by atoms with Crippen molar-refractivity contribution in [3.8, 4) is 0 Å². The van der Waals surface area contributed by atoms with Crippen LogP contribution in [0, 0.1) is 0 Å². The van der Waals surface area contributed by atoms with Crippen LogP contribution in [0.5, 0.6) is 0 Å². The van der Waals surface area contributed by atoms with Gasteiger partial charge in [0, 0.05) is 32.2 Å². The quantitative estimate of drug-likeness (QED) is 0.843.